The third-order valence-corrected chi connectivity index (χ3v) is 4.75. The summed E-state index contributed by atoms with van der Waals surface area (Å²) in [5, 5.41) is 2.82. The first kappa shape index (κ1) is 15.8. The average molecular weight is 338 g/mol. The highest BCUT2D eigenvalue weighted by Gasteiger charge is 2.19. The Morgan fingerprint density at radius 2 is 1.92 bits per heavy atom. The van der Waals surface area contributed by atoms with Crippen LogP contribution in [0.1, 0.15) is 44.6 Å². The van der Waals surface area contributed by atoms with E-state index < -0.39 is 0 Å². The molecule has 4 heterocycles. The minimum Gasteiger partial charge on any atom is -0.357 e. The molecular weight excluding hydrogens is 316 g/mol. The van der Waals surface area contributed by atoms with Gasteiger partial charge < -0.3 is 4.90 Å². The number of rotatable bonds is 3. The van der Waals surface area contributed by atoms with Crippen molar-refractivity contribution in [3.8, 4) is 11.3 Å². The maximum absolute atomic E-state index is 12.8. The van der Waals surface area contributed by atoms with Crippen molar-refractivity contribution in [1.82, 2.24) is 24.6 Å². The zero-order chi connectivity index (χ0) is 17.4. The van der Waals surface area contributed by atoms with Gasteiger partial charge in [-0.3, -0.25) is 9.89 Å². The summed E-state index contributed by atoms with van der Waals surface area (Å²) >= 11 is 0. The summed E-state index contributed by atoms with van der Waals surface area (Å²) in [4.78, 5) is 28.4. The minimum absolute atomic E-state index is 0.0528. The Labute approximate surface area is 145 Å². The first-order chi connectivity index (χ1) is 12.1. The molecule has 1 aliphatic heterocycles. The zero-order valence-corrected chi connectivity index (χ0v) is 14.6. The van der Waals surface area contributed by atoms with Crippen LogP contribution in [0.5, 0.6) is 0 Å². The Hall–Kier alpha value is -2.70. The summed E-state index contributed by atoms with van der Waals surface area (Å²) in [5.41, 5.74) is 2.10. The summed E-state index contributed by atoms with van der Waals surface area (Å²) in [5.74, 6) is 1.42. The van der Waals surface area contributed by atoms with Crippen molar-refractivity contribution >= 4 is 11.6 Å². The SMILES string of the molecule is CC(C)c1c(-c2ccc(N3CCCCC3)nc2)nc2nc[nH]n2c1=O. The molecule has 0 bridgehead atoms. The van der Waals surface area contributed by atoms with Gasteiger partial charge >= 0.3 is 0 Å². The second-order valence-electron chi connectivity index (χ2n) is 6.81. The van der Waals surface area contributed by atoms with Crippen LogP contribution >= 0.6 is 0 Å². The van der Waals surface area contributed by atoms with Gasteiger partial charge in [0.2, 0.25) is 0 Å². The molecule has 0 spiro atoms. The van der Waals surface area contributed by atoms with E-state index in [1.807, 2.05) is 32.2 Å². The van der Waals surface area contributed by atoms with Crippen molar-refractivity contribution in [3.05, 3.63) is 40.6 Å². The standard InChI is InChI=1S/C18H22N6O/c1-12(2)15-16(22-18-20-11-21-24(18)17(15)25)13-6-7-14(19-10-13)23-8-4-3-5-9-23/h6-7,10-12H,3-5,8-9H2,1-2H3,(H,20,21,22). The van der Waals surface area contributed by atoms with Crippen LogP contribution in [0.15, 0.2) is 29.5 Å². The van der Waals surface area contributed by atoms with E-state index >= 15 is 0 Å². The largest absolute Gasteiger partial charge is 0.357 e. The number of aromatic amines is 1. The quantitative estimate of drug-likeness (QED) is 0.794. The molecule has 1 fully saturated rings. The highest BCUT2D eigenvalue weighted by atomic mass is 16.1. The molecule has 3 aromatic rings. The fourth-order valence-corrected chi connectivity index (χ4v) is 3.45. The number of fused-ring (bicyclic) bond motifs is 1. The molecule has 25 heavy (non-hydrogen) atoms. The van der Waals surface area contributed by atoms with Crippen molar-refractivity contribution in [2.24, 2.45) is 0 Å². The number of piperidine rings is 1. The molecule has 0 aliphatic carbocycles. The van der Waals surface area contributed by atoms with Crippen LogP contribution in [-0.4, -0.2) is 37.7 Å². The second-order valence-corrected chi connectivity index (χ2v) is 6.81. The predicted octanol–water partition coefficient (Wildman–Crippen LogP) is 2.59. The topological polar surface area (TPSA) is 79.2 Å². The van der Waals surface area contributed by atoms with E-state index in [1.54, 1.807) is 0 Å². The smallest absolute Gasteiger partial charge is 0.278 e. The lowest BCUT2D eigenvalue weighted by Crippen LogP contribution is -2.30. The first-order valence-electron chi connectivity index (χ1n) is 8.82. The summed E-state index contributed by atoms with van der Waals surface area (Å²) in [6.07, 6.45) is 7.03. The third kappa shape index (κ3) is 2.79. The molecule has 1 saturated heterocycles. The molecule has 1 N–H and O–H groups in total. The molecule has 130 valence electrons. The molecule has 0 unspecified atom stereocenters. The van der Waals surface area contributed by atoms with E-state index in [1.165, 1.54) is 30.1 Å². The average Bonchev–Trinajstić information content (AvgIpc) is 3.11. The van der Waals surface area contributed by atoms with E-state index in [4.69, 9.17) is 0 Å². The van der Waals surface area contributed by atoms with Crippen LogP contribution in [0, 0.1) is 0 Å². The molecule has 3 aromatic heterocycles. The highest BCUT2D eigenvalue weighted by molar-refractivity contribution is 5.65. The summed E-state index contributed by atoms with van der Waals surface area (Å²) in [7, 11) is 0. The molecule has 0 aromatic carbocycles. The Bertz CT molecular complexity index is 934. The maximum Gasteiger partial charge on any atom is 0.278 e. The van der Waals surface area contributed by atoms with Crippen molar-refractivity contribution < 1.29 is 0 Å². The lowest BCUT2D eigenvalue weighted by molar-refractivity contribution is 0.573. The van der Waals surface area contributed by atoms with Gasteiger partial charge in [0.05, 0.1) is 5.69 Å². The lowest BCUT2D eigenvalue weighted by atomic mass is 9.99. The molecule has 7 heteroatoms. The molecule has 7 nitrogen and oxygen atoms in total. The number of aromatic nitrogens is 5. The number of H-pyrrole nitrogens is 1. The van der Waals surface area contributed by atoms with E-state index in [0.29, 0.717) is 17.0 Å². The van der Waals surface area contributed by atoms with E-state index in [9.17, 15) is 4.79 Å². The summed E-state index contributed by atoms with van der Waals surface area (Å²) < 4.78 is 1.38. The van der Waals surface area contributed by atoms with Crippen molar-refractivity contribution in [3.63, 3.8) is 0 Å². The number of hydrogen-bond acceptors (Lipinski definition) is 5. The number of nitrogens with zero attached hydrogens (tertiary/aromatic N) is 5. The minimum atomic E-state index is -0.104. The number of nitrogens with one attached hydrogen (secondary N) is 1. The van der Waals surface area contributed by atoms with Crippen LogP contribution in [-0.2, 0) is 0 Å². The van der Waals surface area contributed by atoms with Gasteiger partial charge in [0, 0.05) is 30.4 Å². The lowest BCUT2D eigenvalue weighted by Gasteiger charge is -2.27. The molecule has 0 amide bonds. The zero-order valence-electron chi connectivity index (χ0n) is 14.6. The second kappa shape index (κ2) is 6.31. The van der Waals surface area contributed by atoms with Crippen LogP contribution in [0.4, 0.5) is 5.82 Å². The molecule has 4 rings (SSSR count). The van der Waals surface area contributed by atoms with Crippen LogP contribution in [0.25, 0.3) is 17.0 Å². The fourth-order valence-electron chi connectivity index (χ4n) is 3.45. The molecule has 0 radical (unpaired) electrons. The molecule has 0 atom stereocenters. The predicted molar refractivity (Wildman–Crippen MR) is 97.0 cm³/mol. The van der Waals surface area contributed by atoms with Gasteiger partial charge in [0.25, 0.3) is 11.3 Å². The van der Waals surface area contributed by atoms with Gasteiger partial charge in [-0.25, -0.2) is 15.0 Å². The van der Waals surface area contributed by atoms with Crippen molar-refractivity contribution in [2.45, 2.75) is 39.0 Å². The van der Waals surface area contributed by atoms with Gasteiger partial charge in [0.1, 0.15) is 12.1 Å². The number of hydrogen-bond donors (Lipinski definition) is 1. The monoisotopic (exact) mass is 338 g/mol. The van der Waals surface area contributed by atoms with Crippen LogP contribution in [0.2, 0.25) is 0 Å². The Morgan fingerprint density at radius 3 is 2.60 bits per heavy atom. The van der Waals surface area contributed by atoms with E-state index in [0.717, 1.165) is 24.5 Å². The highest BCUT2D eigenvalue weighted by Crippen LogP contribution is 2.26. The third-order valence-electron chi connectivity index (χ3n) is 4.75. The molecule has 1 aliphatic rings. The van der Waals surface area contributed by atoms with Crippen molar-refractivity contribution in [1.29, 1.82) is 0 Å². The normalized spacial score (nSPS) is 15.2. The van der Waals surface area contributed by atoms with Crippen molar-refractivity contribution in [2.75, 3.05) is 18.0 Å². The summed E-state index contributed by atoms with van der Waals surface area (Å²) in [6.45, 7) is 6.12. The van der Waals surface area contributed by atoms with Gasteiger partial charge in [-0.2, -0.15) is 4.52 Å². The Morgan fingerprint density at radius 1 is 1.12 bits per heavy atom. The van der Waals surface area contributed by atoms with E-state index in [2.05, 4.69) is 25.0 Å². The van der Waals surface area contributed by atoms with Gasteiger partial charge in [0.15, 0.2) is 0 Å². The molecular formula is C18H22N6O. The van der Waals surface area contributed by atoms with Gasteiger partial charge in [-0.05, 0) is 37.3 Å². The Balaban J connectivity index is 1.78. The van der Waals surface area contributed by atoms with Gasteiger partial charge in [-0.15, -0.1) is 0 Å². The summed E-state index contributed by atoms with van der Waals surface area (Å²) in [6, 6.07) is 4.03. The van der Waals surface area contributed by atoms with Crippen LogP contribution < -0.4 is 10.5 Å². The number of anilines is 1. The maximum atomic E-state index is 12.8. The fraction of sp³-hybridized carbons (Fsp3) is 0.444. The van der Waals surface area contributed by atoms with Gasteiger partial charge in [-0.1, -0.05) is 13.8 Å². The molecule has 0 saturated carbocycles. The van der Waals surface area contributed by atoms with Crippen LogP contribution in [0.3, 0.4) is 0 Å². The number of pyridine rings is 1. The first-order valence-corrected chi connectivity index (χ1v) is 8.82. The Kier molecular flexibility index (Phi) is 3.99. The van der Waals surface area contributed by atoms with E-state index in [-0.39, 0.29) is 11.5 Å².